The van der Waals surface area contributed by atoms with Gasteiger partial charge in [0.2, 0.25) is 11.8 Å². The Bertz CT molecular complexity index is 1070. The Kier molecular flexibility index (Phi) is 12.1. The fourth-order valence-electron chi connectivity index (χ4n) is 4.26. The van der Waals surface area contributed by atoms with Crippen LogP contribution in [0.2, 0.25) is 0 Å². The first-order chi connectivity index (χ1) is 18.9. The highest BCUT2D eigenvalue weighted by Gasteiger charge is 2.34. The number of benzene rings is 2. The Morgan fingerprint density at radius 2 is 1.62 bits per heavy atom. The lowest BCUT2D eigenvalue weighted by Crippen LogP contribution is -2.53. The third-order valence-corrected chi connectivity index (χ3v) is 6.25. The lowest BCUT2D eigenvalue weighted by molar-refractivity contribution is -0.136. The highest BCUT2D eigenvalue weighted by Crippen LogP contribution is 2.18. The summed E-state index contributed by atoms with van der Waals surface area (Å²) in [4.78, 5) is 50.2. The zero-order valence-electron chi connectivity index (χ0n) is 21.8. The summed E-state index contributed by atoms with van der Waals surface area (Å²) in [7, 11) is 0. The fraction of sp³-hybridized carbons (Fsp3) is 0.429. The van der Waals surface area contributed by atoms with Crippen LogP contribution in [-0.4, -0.2) is 72.3 Å². The van der Waals surface area contributed by atoms with Gasteiger partial charge in [-0.15, -0.1) is 0 Å². The van der Waals surface area contributed by atoms with Crippen LogP contribution in [-0.2, 0) is 32.3 Å². The molecule has 3 rings (SSSR count). The first-order valence-electron chi connectivity index (χ1n) is 13.0. The summed E-state index contributed by atoms with van der Waals surface area (Å²) in [6.07, 6.45) is 0.242. The van der Waals surface area contributed by atoms with Gasteiger partial charge in [-0.3, -0.25) is 9.59 Å². The van der Waals surface area contributed by atoms with Crippen LogP contribution < -0.4 is 16.0 Å². The Morgan fingerprint density at radius 3 is 2.28 bits per heavy atom. The van der Waals surface area contributed by atoms with Crippen molar-refractivity contribution < 1.29 is 33.8 Å². The maximum absolute atomic E-state index is 13.2. The van der Waals surface area contributed by atoms with E-state index in [1.807, 2.05) is 60.7 Å². The molecule has 2 aromatic rings. The number of nitrogens with zero attached hydrogens (tertiary/aromatic N) is 1. The first-order valence-corrected chi connectivity index (χ1v) is 13.0. The molecule has 11 nitrogen and oxygen atoms in total. The first kappa shape index (κ1) is 29.4. The largest absolute Gasteiger partial charge is 0.465 e. The van der Waals surface area contributed by atoms with E-state index >= 15 is 0 Å². The summed E-state index contributed by atoms with van der Waals surface area (Å²) >= 11 is 0. The van der Waals surface area contributed by atoms with Gasteiger partial charge in [0.15, 0.2) is 0 Å². The minimum absolute atomic E-state index is 0.101. The number of carbonyl (C=O) groups excluding carboxylic acids is 3. The number of amides is 4. The van der Waals surface area contributed by atoms with E-state index in [-0.39, 0.29) is 50.6 Å². The number of hydrogen-bond donors (Lipinski definition) is 4. The zero-order chi connectivity index (χ0) is 27.9. The van der Waals surface area contributed by atoms with Gasteiger partial charge in [-0.1, -0.05) is 60.7 Å². The Hall–Kier alpha value is -4.12. The number of carbonyl (C=O) groups is 4. The second kappa shape index (κ2) is 16.0. The lowest BCUT2D eigenvalue weighted by Gasteiger charge is -2.29. The molecule has 0 saturated carbocycles. The standard InChI is InChI=1S/C28H36N4O7/c33-25(14-7-15-29-28(37)39-19-22-11-5-2-6-12-22)30-17-23-13-8-16-32(23)26(34)24(31-27(35)36)20-38-18-21-9-3-1-4-10-21/h1-6,9-12,23-24,31H,7-8,13-20H2,(H,29,37)(H,30,33)(H,35,36)/t23-,24-/m0/s1. The van der Waals surface area contributed by atoms with Crippen molar-refractivity contribution in [2.24, 2.45) is 0 Å². The molecular formula is C28H36N4O7. The SMILES string of the molecule is O=C(O)N[C@@H](COCc1ccccc1)C(=O)N1CCC[C@H]1CNC(=O)CCCNC(=O)OCc1ccccc1. The van der Waals surface area contributed by atoms with Crippen LogP contribution in [0.25, 0.3) is 0 Å². The van der Waals surface area contributed by atoms with E-state index in [1.165, 1.54) is 0 Å². The zero-order valence-corrected chi connectivity index (χ0v) is 21.8. The molecule has 0 spiro atoms. The molecule has 0 bridgehead atoms. The van der Waals surface area contributed by atoms with Crippen molar-refractivity contribution in [2.75, 3.05) is 26.2 Å². The van der Waals surface area contributed by atoms with Gasteiger partial charge in [0.25, 0.3) is 0 Å². The van der Waals surface area contributed by atoms with Crippen LogP contribution in [0.5, 0.6) is 0 Å². The van der Waals surface area contributed by atoms with Gasteiger partial charge < -0.3 is 35.4 Å². The molecule has 1 saturated heterocycles. The van der Waals surface area contributed by atoms with Gasteiger partial charge in [0.1, 0.15) is 12.6 Å². The number of likely N-dealkylation sites (tertiary alicyclic amines) is 1. The van der Waals surface area contributed by atoms with Crippen LogP contribution in [0.3, 0.4) is 0 Å². The van der Waals surface area contributed by atoms with Crippen molar-refractivity contribution in [1.29, 1.82) is 0 Å². The van der Waals surface area contributed by atoms with Crippen molar-refractivity contribution >= 4 is 24.0 Å². The summed E-state index contributed by atoms with van der Waals surface area (Å²) in [5, 5.41) is 16.9. The van der Waals surface area contributed by atoms with Crippen LogP contribution in [0.15, 0.2) is 60.7 Å². The molecular weight excluding hydrogens is 504 g/mol. The number of ether oxygens (including phenoxy) is 2. The number of hydrogen-bond acceptors (Lipinski definition) is 6. The van der Waals surface area contributed by atoms with Crippen LogP contribution >= 0.6 is 0 Å². The minimum Gasteiger partial charge on any atom is -0.465 e. The summed E-state index contributed by atoms with van der Waals surface area (Å²) in [6.45, 7) is 1.36. The highest BCUT2D eigenvalue weighted by molar-refractivity contribution is 5.86. The molecule has 0 aromatic heterocycles. The molecule has 11 heteroatoms. The average molecular weight is 541 g/mol. The van der Waals surface area contributed by atoms with E-state index in [1.54, 1.807) is 4.90 Å². The van der Waals surface area contributed by atoms with Gasteiger partial charge in [-0.2, -0.15) is 0 Å². The monoisotopic (exact) mass is 540 g/mol. The van der Waals surface area contributed by atoms with E-state index in [9.17, 15) is 24.3 Å². The van der Waals surface area contributed by atoms with Gasteiger partial charge in [0, 0.05) is 32.1 Å². The molecule has 4 amide bonds. The second-order valence-electron chi connectivity index (χ2n) is 9.23. The lowest BCUT2D eigenvalue weighted by atomic mass is 10.2. The van der Waals surface area contributed by atoms with Crippen LogP contribution in [0.4, 0.5) is 9.59 Å². The van der Waals surface area contributed by atoms with Gasteiger partial charge >= 0.3 is 12.2 Å². The molecule has 1 heterocycles. The number of rotatable bonds is 14. The maximum atomic E-state index is 13.2. The maximum Gasteiger partial charge on any atom is 0.407 e. The Balaban J connectivity index is 1.36. The molecule has 0 unspecified atom stereocenters. The Labute approximate surface area is 227 Å². The molecule has 1 fully saturated rings. The molecule has 2 aromatic carbocycles. The third-order valence-electron chi connectivity index (χ3n) is 6.25. The third kappa shape index (κ3) is 10.6. The molecule has 2 atom stereocenters. The normalized spacial score (nSPS) is 15.3. The molecule has 210 valence electrons. The van der Waals surface area contributed by atoms with Crippen LogP contribution in [0, 0.1) is 0 Å². The molecule has 0 radical (unpaired) electrons. The van der Waals surface area contributed by atoms with Crippen molar-refractivity contribution in [1.82, 2.24) is 20.9 Å². The molecule has 39 heavy (non-hydrogen) atoms. The predicted molar refractivity (Wildman–Crippen MR) is 143 cm³/mol. The number of carboxylic acid groups (broad SMARTS) is 1. The summed E-state index contributed by atoms with van der Waals surface area (Å²) < 4.78 is 10.8. The van der Waals surface area contributed by atoms with Crippen molar-refractivity contribution in [2.45, 2.75) is 51.0 Å². The van der Waals surface area contributed by atoms with E-state index in [4.69, 9.17) is 9.47 Å². The summed E-state index contributed by atoms with van der Waals surface area (Å²) in [5.41, 5.74) is 1.80. The van der Waals surface area contributed by atoms with Gasteiger partial charge in [-0.05, 0) is 30.4 Å². The smallest absolute Gasteiger partial charge is 0.407 e. The fourth-order valence-corrected chi connectivity index (χ4v) is 4.26. The van der Waals surface area contributed by atoms with Crippen LogP contribution in [0.1, 0.15) is 36.8 Å². The van der Waals surface area contributed by atoms with E-state index in [2.05, 4.69) is 16.0 Å². The quantitative estimate of drug-likeness (QED) is 0.270. The van der Waals surface area contributed by atoms with E-state index < -0.39 is 18.2 Å². The van der Waals surface area contributed by atoms with E-state index in [0.717, 1.165) is 17.5 Å². The second-order valence-corrected chi connectivity index (χ2v) is 9.23. The Morgan fingerprint density at radius 1 is 0.949 bits per heavy atom. The predicted octanol–water partition coefficient (Wildman–Crippen LogP) is 2.65. The molecule has 0 aliphatic carbocycles. The summed E-state index contributed by atoms with van der Waals surface area (Å²) in [5.74, 6) is -0.569. The molecule has 1 aliphatic rings. The van der Waals surface area contributed by atoms with Crippen molar-refractivity contribution in [3.05, 3.63) is 71.8 Å². The average Bonchev–Trinajstić information content (AvgIpc) is 3.42. The molecule has 4 N–H and O–H groups in total. The topological polar surface area (TPSA) is 146 Å². The highest BCUT2D eigenvalue weighted by atomic mass is 16.5. The summed E-state index contributed by atoms with van der Waals surface area (Å²) in [6, 6.07) is 17.4. The van der Waals surface area contributed by atoms with Crippen molar-refractivity contribution in [3.63, 3.8) is 0 Å². The minimum atomic E-state index is -1.31. The number of alkyl carbamates (subject to hydrolysis) is 1. The van der Waals surface area contributed by atoms with Gasteiger partial charge in [0.05, 0.1) is 13.2 Å². The number of nitrogens with one attached hydrogen (secondary N) is 3. The van der Waals surface area contributed by atoms with Gasteiger partial charge in [-0.25, -0.2) is 9.59 Å². The van der Waals surface area contributed by atoms with Crippen molar-refractivity contribution in [3.8, 4) is 0 Å². The van der Waals surface area contributed by atoms with E-state index in [0.29, 0.717) is 25.9 Å². The molecule has 1 aliphatic heterocycles.